The summed E-state index contributed by atoms with van der Waals surface area (Å²) in [6.07, 6.45) is 4.17. The van der Waals surface area contributed by atoms with E-state index in [1.54, 1.807) is 6.08 Å². The van der Waals surface area contributed by atoms with Gasteiger partial charge in [-0.05, 0) is 26.3 Å². The maximum atomic E-state index is 11.5. The zero-order valence-electron chi connectivity index (χ0n) is 10.3. The molecule has 0 saturated heterocycles. The zero-order chi connectivity index (χ0) is 12.4. The smallest absolute Gasteiger partial charge is 0.193 e. The second kappa shape index (κ2) is 4.65. The van der Waals surface area contributed by atoms with Crippen molar-refractivity contribution < 1.29 is 19.7 Å². The van der Waals surface area contributed by atoms with Gasteiger partial charge in [0.05, 0.1) is 6.61 Å². The van der Waals surface area contributed by atoms with E-state index in [2.05, 4.69) is 0 Å². The quantitative estimate of drug-likeness (QED) is 0.453. The van der Waals surface area contributed by atoms with Crippen LogP contribution < -0.4 is 0 Å². The Balaban J connectivity index is 2.41. The van der Waals surface area contributed by atoms with Crippen LogP contribution >= 0.6 is 0 Å². The summed E-state index contributed by atoms with van der Waals surface area (Å²) in [5.41, 5.74) is -0.336. The first-order valence-corrected chi connectivity index (χ1v) is 5.46. The summed E-state index contributed by atoms with van der Waals surface area (Å²) >= 11 is 0. The van der Waals surface area contributed by atoms with Gasteiger partial charge in [0.15, 0.2) is 11.6 Å². The van der Waals surface area contributed by atoms with E-state index in [9.17, 15) is 9.90 Å². The first-order valence-electron chi connectivity index (χ1n) is 5.46. The fourth-order valence-electron chi connectivity index (χ4n) is 1.65. The van der Waals surface area contributed by atoms with Crippen molar-refractivity contribution in [3.05, 3.63) is 12.2 Å². The highest BCUT2D eigenvalue weighted by atomic mass is 17.2. The topological polar surface area (TPSA) is 55.8 Å². The van der Waals surface area contributed by atoms with Crippen molar-refractivity contribution in [3.8, 4) is 0 Å². The standard InChI is InChI=1S/C12H20O4/c1-11(2)7-9(5-6-10(11)13)8-15-16-12(3,4)14/h5-6,9,14H,7-8H2,1-4H3/t9-/m0/s1. The van der Waals surface area contributed by atoms with Crippen molar-refractivity contribution in [1.29, 1.82) is 0 Å². The molecule has 0 bridgehead atoms. The fraction of sp³-hybridized carbons (Fsp3) is 0.750. The van der Waals surface area contributed by atoms with Gasteiger partial charge in [-0.3, -0.25) is 4.79 Å². The first kappa shape index (κ1) is 13.4. The molecule has 0 heterocycles. The maximum absolute atomic E-state index is 11.5. The van der Waals surface area contributed by atoms with E-state index in [0.717, 1.165) is 6.42 Å². The van der Waals surface area contributed by atoms with Crippen molar-refractivity contribution in [3.63, 3.8) is 0 Å². The molecule has 92 valence electrons. The number of ketones is 1. The molecule has 0 aromatic rings. The predicted octanol–water partition coefficient (Wildman–Crippen LogP) is 1.83. The minimum atomic E-state index is -1.29. The summed E-state index contributed by atoms with van der Waals surface area (Å²) in [5.74, 6) is -0.994. The van der Waals surface area contributed by atoms with Gasteiger partial charge in [-0.1, -0.05) is 19.9 Å². The minimum Gasteiger partial charge on any atom is -0.364 e. The van der Waals surface area contributed by atoms with Crippen molar-refractivity contribution in [2.24, 2.45) is 11.3 Å². The SMILES string of the molecule is CC(C)(O)OOC[C@H]1C=CC(=O)C(C)(C)C1. The Morgan fingerprint density at radius 1 is 1.56 bits per heavy atom. The Morgan fingerprint density at radius 2 is 2.19 bits per heavy atom. The number of aliphatic hydroxyl groups is 1. The Bertz CT molecular complexity index is 286. The summed E-state index contributed by atoms with van der Waals surface area (Å²) in [7, 11) is 0. The van der Waals surface area contributed by atoms with Gasteiger partial charge in [-0.25, -0.2) is 9.78 Å². The molecule has 16 heavy (non-hydrogen) atoms. The summed E-state index contributed by atoms with van der Waals surface area (Å²) in [4.78, 5) is 21.2. The molecule has 0 radical (unpaired) electrons. The fourth-order valence-corrected chi connectivity index (χ4v) is 1.65. The lowest BCUT2D eigenvalue weighted by Crippen LogP contribution is -2.31. The monoisotopic (exact) mass is 228 g/mol. The molecular weight excluding hydrogens is 208 g/mol. The van der Waals surface area contributed by atoms with Crippen LogP contribution in [0.5, 0.6) is 0 Å². The van der Waals surface area contributed by atoms with Gasteiger partial charge in [-0.15, -0.1) is 0 Å². The van der Waals surface area contributed by atoms with Gasteiger partial charge in [0, 0.05) is 11.3 Å². The number of rotatable bonds is 4. The Morgan fingerprint density at radius 3 is 2.69 bits per heavy atom. The lowest BCUT2D eigenvalue weighted by atomic mass is 9.75. The van der Waals surface area contributed by atoms with Crippen molar-refractivity contribution in [1.82, 2.24) is 0 Å². The average molecular weight is 228 g/mol. The number of allylic oxidation sites excluding steroid dienone is 1. The van der Waals surface area contributed by atoms with Crippen LogP contribution in [-0.4, -0.2) is 23.3 Å². The van der Waals surface area contributed by atoms with Crippen LogP contribution in [0.1, 0.15) is 34.1 Å². The van der Waals surface area contributed by atoms with Crippen LogP contribution in [0.15, 0.2) is 12.2 Å². The molecule has 0 amide bonds. The molecule has 1 aliphatic rings. The van der Waals surface area contributed by atoms with E-state index in [0.29, 0.717) is 6.61 Å². The average Bonchev–Trinajstić information content (AvgIpc) is 2.08. The third kappa shape index (κ3) is 4.04. The van der Waals surface area contributed by atoms with Gasteiger partial charge >= 0.3 is 0 Å². The van der Waals surface area contributed by atoms with Crippen LogP contribution in [-0.2, 0) is 14.6 Å². The molecule has 0 aromatic carbocycles. The number of carbonyl (C=O) groups excluding carboxylic acids is 1. The van der Waals surface area contributed by atoms with Gasteiger partial charge in [0.2, 0.25) is 0 Å². The Labute approximate surface area is 96.2 Å². The molecule has 1 aliphatic carbocycles. The lowest BCUT2D eigenvalue weighted by molar-refractivity contribution is -0.410. The Kier molecular flexibility index (Phi) is 3.88. The number of hydrogen-bond acceptors (Lipinski definition) is 4. The summed E-state index contributed by atoms with van der Waals surface area (Å²) < 4.78 is 0. The van der Waals surface area contributed by atoms with Crippen LogP contribution in [0.2, 0.25) is 0 Å². The van der Waals surface area contributed by atoms with Crippen molar-refractivity contribution in [2.45, 2.75) is 39.9 Å². The summed E-state index contributed by atoms with van der Waals surface area (Å²) in [5, 5.41) is 9.27. The second-order valence-corrected chi connectivity index (χ2v) is 5.39. The van der Waals surface area contributed by atoms with Crippen LogP contribution in [0, 0.1) is 11.3 Å². The highest BCUT2D eigenvalue weighted by Gasteiger charge is 2.32. The Hall–Kier alpha value is -0.710. The van der Waals surface area contributed by atoms with E-state index < -0.39 is 5.79 Å². The van der Waals surface area contributed by atoms with Gasteiger partial charge in [0.1, 0.15) is 0 Å². The molecule has 1 rings (SSSR count). The highest BCUT2D eigenvalue weighted by Crippen LogP contribution is 2.32. The number of hydrogen-bond donors (Lipinski definition) is 1. The highest BCUT2D eigenvalue weighted by molar-refractivity contribution is 5.95. The van der Waals surface area contributed by atoms with E-state index in [4.69, 9.17) is 9.78 Å². The van der Waals surface area contributed by atoms with E-state index in [1.807, 2.05) is 19.9 Å². The zero-order valence-corrected chi connectivity index (χ0v) is 10.3. The van der Waals surface area contributed by atoms with E-state index in [-0.39, 0.29) is 17.1 Å². The van der Waals surface area contributed by atoms with Crippen LogP contribution in [0.3, 0.4) is 0 Å². The van der Waals surface area contributed by atoms with Gasteiger partial charge in [0.25, 0.3) is 0 Å². The third-order valence-corrected chi connectivity index (χ3v) is 2.50. The number of carbonyl (C=O) groups is 1. The lowest BCUT2D eigenvalue weighted by Gasteiger charge is -2.29. The normalized spacial score (nSPS) is 24.8. The van der Waals surface area contributed by atoms with Crippen molar-refractivity contribution >= 4 is 5.78 Å². The summed E-state index contributed by atoms with van der Waals surface area (Å²) in [6, 6.07) is 0. The predicted molar refractivity (Wildman–Crippen MR) is 59.4 cm³/mol. The molecule has 4 heteroatoms. The largest absolute Gasteiger partial charge is 0.364 e. The molecule has 0 aromatic heterocycles. The molecule has 4 nitrogen and oxygen atoms in total. The minimum absolute atomic E-state index is 0.146. The molecule has 1 N–H and O–H groups in total. The third-order valence-electron chi connectivity index (χ3n) is 2.50. The maximum Gasteiger partial charge on any atom is 0.193 e. The molecular formula is C12H20O4. The van der Waals surface area contributed by atoms with E-state index in [1.165, 1.54) is 13.8 Å². The molecule has 0 fully saturated rings. The van der Waals surface area contributed by atoms with Crippen molar-refractivity contribution in [2.75, 3.05) is 6.61 Å². The van der Waals surface area contributed by atoms with Crippen LogP contribution in [0.4, 0.5) is 0 Å². The molecule has 0 aliphatic heterocycles. The second-order valence-electron chi connectivity index (χ2n) is 5.39. The summed E-state index contributed by atoms with van der Waals surface area (Å²) in [6.45, 7) is 7.18. The molecule has 0 unspecified atom stereocenters. The molecule has 0 spiro atoms. The first-order chi connectivity index (χ1) is 7.21. The van der Waals surface area contributed by atoms with Gasteiger partial charge < -0.3 is 5.11 Å². The molecule has 1 atom stereocenters. The van der Waals surface area contributed by atoms with Crippen LogP contribution in [0.25, 0.3) is 0 Å². The molecule has 0 saturated carbocycles. The van der Waals surface area contributed by atoms with Gasteiger partial charge in [-0.2, -0.15) is 0 Å². The van der Waals surface area contributed by atoms with E-state index >= 15 is 0 Å².